The van der Waals surface area contributed by atoms with Crippen molar-refractivity contribution in [3.63, 3.8) is 0 Å². The quantitative estimate of drug-likeness (QED) is 0.542. The number of fused-ring (bicyclic) bond motifs is 2. The summed E-state index contributed by atoms with van der Waals surface area (Å²) in [5.41, 5.74) is 4.68. The van der Waals surface area contributed by atoms with E-state index in [1.807, 2.05) is 54.9 Å². The van der Waals surface area contributed by atoms with Crippen molar-refractivity contribution < 1.29 is 4.42 Å². The number of anilines is 1. The Morgan fingerprint density at radius 3 is 2.83 bits per heavy atom. The lowest BCUT2D eigenvalue weighted by atomic mass is 10.1. The molecule has 1 saturated heterocycles. The number of nitrogens with zero attached hydrogens (tertiary/aromatic N) is 4. The minimum absolute atomic E-state index is 0.388. The maximum Gasteiger partial charge on any atom is 0.345 e. The van der Waals surface area contributed by atoms with Crippen molar-refractivity contribution in [2.45, 2.75) is 26.3 Å². The van der Waals surface area contributed by atoms with E-state index in [-0.39, 0.29) is 5.63 Å². The number of aryl methyl sites for hydroxylation is 2. The fraction of sp³-hybridized carbons (Fsp3) is 0.318. The third-order valence-electron chi connectivity index (χ3n) is 5.50. The zero-order valence-corrected chi connectivity index (χ0v) is 16.8. The van der Waals surface area contributed by atoms with Crippen LogP contribution in [0.15, 0.2) is 45.9 Å². The van der Waals surface area contributed by atoms with E-state index >= 15 is 0 Å². The SMILES string of the molecule is Cc1cn2cc(-c3cc4ccc(N[C@H]5CCN(C)C5)cc4oc3=O)nc2c(C)n1. The van der Waals surface area contributed by atoms with Crippen molar-refractivity contribution in [1.82, 2.24) is 19.3 Å². The Hall–Kier alpha value is -3.19. The molecule has 0 unspecified atom stereocenters. The number of nitrogens with one attached hydrogen (secondary N) is 1. The van der Waals surface area contributed by atoms with Crippen LogP contribution in [0.25, 0.3) is 27.9 Å². The zero-order chi connectivity index (χ0) is 20.1. The Balaban J connectivity index is 1.52. The van der Waals surface area contributed by atoms with Crippen molar-refractivity contribution in [3.05, 3.63) is 58.5 Å². The maximum absolute atomic E-state index is 12.7. The van der Waals surface area contributed by atoms with E-state index in [0.29, 0.717) is 22.9 Å². The summed E-state index contributed by atoms with van der Waals surface area (Å²) in [6, 6.07) is 8.19. The average Bonchev–Trinajstić information content (AvgIpc) is 3.27. The third-order valence-corrected chi connectivity index (χ3v) is 5.50. The van der Waals surface area contributed by atoms with Gasteiger partial charge in [-0.3, -0.25) is 4.98 Å². The second kappa shape index (κ2) is 6.70. The summed E-state index contributed by atoms with van der Waals surface area (Å²) >= 11 is 0. The first-order chi connectivity index (χ1) is 14.0. The Kier molecular flexibility index (Phi) is 4.13. The molecule has 1 aliphatic heterocycles. The van der Waals surface area contributed by atoms with Gasteiger partial charge in [0, 0.05) is 42.1 Å². The highest BCUT2D eigenvalue weighted by atomic mass is 16.4. The Morgan fingerprint density at radius 1 is 1.17 bits per heavy atom. The van der Waals surface area contributed by atoms with Gasteiger partial charge in [0.15, 0.2) is 5.65 Å². The van der Waals surface area contributed by atoms with Gasteiger partial charge in [-0.2, -0.15) is 0 Å². The molecule has 1 fully saturated rings. The summed E-state index contributed by atoms with van der Waals surface area (Å²) in [4.78, 5) is 24.1. The number of benzene rings is 1. The van der Waals surface area contributed by atoms with Gasteiger partial charge in [0.25, 0.3) is 0 Å². The Labute approximate surface area is 168 Å². The number of imidazole rings is 1. The molecule has 148 valence electrons. The van der Waals surface area contributed by atoms with Gasteiger partial charge in [0.2, 0.25) is 0 Å². The lowest BCUT2D eigenvalue weighted by Gasteiger charge is -2.14. The van der Waals surface area contributed by atoms with Crippen molar-refractivity contribution in [1.29, 1.82) is 0 Å². The molecule has 1 aliphatic rings. The average molecular weight is 389 g/mol. The van der Waals surface area contributed by atoms with Crippen molar-refractivity contribution in [2.75, 3.05) is 25.5 Å². The third kappa shape index (κ3) is 3.27. The molecule has 0 bridgehead atoms. The molecule has 0 saturated carbocycles. The topological polar surface area (TPSA) is 75.7 Å². The monoisotopic (exact) mass is 389 g/mol. The van der Waals surface area contributed by atoms with Crippen LogP contribution in [0.1, 0.15) is 17.8 Å². The zero-order valence-electron chi connectivity index (χ0n) is 16.8. The molecule has 7 nitrogen and oxygen atoms in total. The summed E-state index contributed by atoms with van der Waals surface area (Å²) in [7, 11) is 2.13. The van der Waals surface area contributed by atoms with Gasteiger partial charge in [-0.1, -0.05) is 0 Å². The number of likely N-dealkylation sites (tertiary alicyclic amines) is 1. The van der Waals surface area contributed by atoms with Crippen LogP contribution in [-0.2, 0) is 0 Å². The molecule has 7 heteroatoms. The van der Waals surface area contributed by atoms with E-state index in [1.54, 1.807) is 0 Å². The van der Waals surface area contributed by atoms with Gasteiger partial charge in [-0.25, -0.2) is 9.78 Å². The molecule has 0 amide bonds. The van der Waals surface area contributed by atoms with Crippen LogP contribution >= 0.6 is 0 Å². The predicted molar refractivity (Wildman–Crippen MR) is 113 cm³/mol. The van der Waals surface area contributed by atoms with Gasteiger partial charge >= 0.3 is 5.63 Å². The Morgan fingerprint density at radius 2 is 2.03 bits per heavy atom. The number of aromatic nitrogens is 3. The molecular formula is C22H23N5O2. The first-order valence-electron chi connectivity index (χ1n) is 9.82. The minimum atomic E-state index is -0.388. The number of rotatable bonds is 3. The highest BCUT2D eigenvalue weighted by Gasteiger charge is 2.19. The normalized spacial score (nSPS) is 17.4. The van der Waals surface area contributed by atoms with Gasteiger partial charge in [-0.05, 0) is 52.1 Å². The van der Waals surface area contributed by atoms with Crippen molar-refractivity contribution >= 4 is 22.3 Å². The van der Waals surface area contributed by atoms with Gasteiger partial charge in [-0.15, -0.1) is 0 Å². The van der Waals surface area contributed by atoms with Crippen LogP contribution in [-0.4, -0.2) is 45.4 Å². The molecule has 0 aliphatic carbocycles. The molecule has 5 rings (SSSR count). The van der Waals surface area contributed by atoms with Crippen LogP contribution in [0.2, 0.25) is 0 Å². The lowest BCUT2D eigenvalue weighted by molar-refractivity contribution is 0.414. The fourth-order valence-corrected chi connectivity index (χ4v) is 4.10. The molecule has 3 aromatic heterocycles. The van der Waals surface area contributed by atoms with E-state index in [1.165, 1.54) is 0 Å². The van der Waals surface area contributed by atoms with Crippen molar-refractivity contribution in [3.8, 4) is 11.3 Å². The van der Waals surface area contributed by atoms with Crippen LogP contribution in [0.4, 0.5) is 5.69 Å². The standard InChI is InChI=1S/C22H23N5O2/c1-13-10-27-12-19(25-21(27)14(2)23-13)18-8-15-4-5-16(9-20(15)29-22(18)28)24-17-6-7-26(3)11-17/h4-5,8-10,12,17,24H,6-7,11H2,1-3H3/t17-/m0/s1. The summed E-state index contributed by atoms with van der Waals surface area (Å²) in [6.45, 7) is 5.96. The molecule has 1 atom stereocenters. The minimum Gasteiger partial charge on any atom is -0.422 e. The summed E-state index contributed by atoms with van der Waals surface area (Å²) in [5, 5.41) is 4.40. The summed E-state index contributed by atoms with van der Waals surface area (Å²) in [5.74, 6) is 0. The maximum atomic E-state index is 12.7. The van der Waals surface area contributed by atoms with Crippen LogP contribution in [0.5, 0.6) is 0 Å². The fourth-order valence-electron chi connectivity index (χ4n) is 4.10. The molecular weight excluding hydrogens is 366 g/mol. The number of hydrogen-bond donors (Lipinski definition) is 1. The van der Waals surface area contributed by atoms with Gasteiger partial charge in [0.1, 0.15) is 5.58 Å². The highest BCUT2D eigenvalue weighted by molar-refractivity contribution is 5.84. The van der Waals surface area contributed by atoms with Crippen LogP contribution in [0, 0.1) is 13.8 Å². The second-order valence-corrected chi connectivity index (χ2v) is 7.92. The number of likely N-dealkylation sites (N-methyl/N-ethyl adjacent to an activating group) is 1. The highest BCUT2D eigenvalue weighted by Crippen LogP contribution is 2.25. The first kappa shape index (κ1) is 17.9. The number of hydrogen-bond acceptors (Lipinski definition) is 6. The van der Waals surface area contributed by atoms with Gasteiger partial charge < -0.3 is 19.0 Å². The predicted octanol–water partition coefficient (Wildman–Crippen LogP) is 3.24. The molecule has 29 heavy (non-hydrogen) atoms. The molecule has 4 heterocycles. The van der Waals surface area contributed by atoms with E-state index in [9.17, 15) is 4.79 Å². The summed E-state index contributed by atoms with van der Waals surface area (Å²) < 4.78 is 7.56. The van der Waals surface area contributed by atoms with Crippen LogP contribution < -0.4 is 10.9 Å². The Bertz CT molecular complexity index is 1290. The largest absolute Gasteiger partial charge is 0.422 e. The van der Waals surface area contributed by atoms with Crippen molar-refractivity contribution in [2.24, 2.45) is 0 Å². The van der Waals surface area contributed by atoms with E-state index in [2.05, 4.69) is 27.2 Å². The molecule has 4 aromatic rings. The van der Waals surface area contributed by atoms with Crippen LogP contribution in [0.3, 0.4) is 0 Å². The van der Waals surface area contributed by atoms with E-state index in [0.717, 1.165) is 47.6 Å². The molecule has 1 aromatic carbocycles. The van der Waals surface area contributed by atoms with E-state index in [4.69, 9.17) is 4.42 Å². The second-order valence-electron chi connectivity index (χ2n) is 7.92. The molecule has 0 spiro atoms. The molecule has 0 radical (unpaired) electrons. The summed E-state index contributed by atoms with van der Waals surface area (Å²) in [6.07, 6.45) is 4.86. The smallest absolute Gasteiger partial charge is 0.345 e. The van der Waals surface area contributed by atoms with E-state index < -0.39 is 0 Å². The molecule has 1 N–H and O–H groups in total. The lowest BCUT2D eigenvalue weighted by Crippen LogP contribution is -2.23. The first-order valence-corrected chi connectivity index (χ1v) is 9.82. The van der Waals surface area contributed by atoms with Gasteiger partial charge in [0.05, 0.1) is 22.6 Å².